The molecule has 0 spiro atoms. The lowest BCUT2D eigenvalue weighted by Gasteiger charge is -2.22. The van der Waals surface area contributed by atoms with Gasteiger partial charge in [-0.3, -0.25) is 4.52 Å². The Hall–Kier alpha value is -3.04. The van der Waals surface area contributed by atoms with Crippen LogP contribution in [0.25, 0.3) is 33.4 Å². The molecule has 2 aromatic rings. The molecule has 0 bridgehead atoms. The average molecular weight is 587 g/mol. The maximum atomic E-state index is 9.92. The van der Waals surface area contributed by atoms with E-state index < -0.39 is 7.82 Å². The van der Waals surface area contributed by atoms with E-state index in [-0.39, 0.29) is 13.2 Å². The summed E-state index contributed by atoms with van der Waals surface area (Å²) in [5, 5.41) is 2.36. The number of hydrogen-bond donors (Lipinski definition) is 3. The van der Waals surface area contributed by atoms with E-state index in [0.717, 1.165) is 48.5 Å². The van der Waals surface area contributed by atoms with Gasteiger partial charge in [0.15, 0.2) is 0 Å². The van der Waals surface area contributed by atoms with Crippen molar-refractivity contribution in [2.75, 3.05) is 58.5 Å². The Balaban J connectivity index is 0.000000459. The first-order valence-electron chi connectivity index (χ1n) is 13.9. The fourth-order valence-electron chi connectivity index (χ4n) is 4.59. The lowest BCUT2D eigenvalue weighted by atomic mass is 9.93. The van der Waals surface area contributed by atoms with Crippen molar-refractivity contribution in [3.63, 3.8) is 0 Å². The van der Waals surface area contributed by atoms with E-state index in [9.17, 15) is 4.57 Å². The average Bonchev–Trinajstić information content (AvgIpc) is 2.98. The fourth-order valence-corrected chi connectivity index (χ4v) is 4.91. The molecule has 10 heteroatoms. The lowest BCUT2D eigenvalue weighted by Crippen LogP contribution is -2.29. The summed E-state index contributed by atoms with van der Waals surface area (Å²) < 4.78 is 27.3. The third-order valence-electron chi connectivity index (χ3n) is 6.56. The second-order valence-electron chi connectivity index (χ2n) is 8.87. The van der Waals surface area contributed by atoms with Crippen LogP contribution in [-0.4, -0.2) is 63.3 Å². The summed E-state index contributed by atoms with van der Waals surface area (Å²) in [4.78, 5) is 18.5. The number of nitrogens with two attached hydrogens (primary N) is 1. The Morgan fingerprint density at radius 3 is 2.12 bits per heavy atom. The Bertz CT molecular complexity index is 1430. The number of phosphoric ester groups is 1. The van der Waals surface area contributed by atoms with Gasteiger partial charge in [-0.05, 0) is 58.5 Å². The van der Waals surface area contributed by atoms with Crippen LogP contribution in [0.2, 0.25) is 0 Å². The molecular formula is C31H45N3O6P+. The van der Waals surface area contributed by atoms with Gasteiger partial charge in [-0.25, -0.2) is 9.14 Å². The zero-order valence-electron chi connectivity index (χ0n) is 25.0. The molecule has 2 aromatic carbocycles. The normalized spacial score (nSPS) is 11.0. The van der Waals surface area contributed by atoms with Crippen molar-refractivity contribution in [3.05, 3.63) is 72.1 Å². The van der Waals surface area contributed by atoms with E-state index in [1.54, 1.807) is 0 Å². The van der Waals surface area contributed by atoms with E-state index >= 15 is 0 Å². The second-order valence-corrected chi connectivity index (χ2v) is 10.1. The standard InChI is InChI=1S/C27H31N2O.C3H9O5P.CH5N/c1-5-28(6-2)21-14-16-23-25(18-21)30-26-19-22(29(7-3)8-4)15-17-24(26)27(23)20-12-10-9-11-13-20;1-7-2-3-8-9(4,5)6;1-2/h9-19H,5-8H2,1-4H3;2-3H2,1H3,(H2,4,5,6);2H2,1H3/q+1;;. The van der Waals surface area contributed by atoms with E-state index in [4.69, 9.17) is 14.2 Å². The number of phosphoric acid groups is 1. The zero-order chi connectivity index (χ0) is 30.4. The number of anilines is 1. The van der Waals surface area contributed by atoms with Gasteiger partial charge in [-0.1, -0.05) is 30.3 Å². The van der Waals surface area contributed by atoms with E-state index in [1.165, 1.54) is 36.3 Å². The smallest absolute Gasteiger partial charge is 0.456 e. The molecule has 0 unspecified atom stereocenters. The molecule has 1 aliphatic heterocycles. The third-order valence-corrected chi connectivity index (χ3v) is 7.07. The largest absolute Gasteiger partial charge is 0.469 e. The predicted molar refractivity (Wildman–Crippen MR) is 168 cm³/mol. The maximum absolute atomic E-state index is 9.92. The van der Waals surface area contributed by atoms with Gasteiger partial charge >= 0.3 is 7.82 Å². The van der Waals surface area contributed by atoms with Crippen LogP contribution >= 0.6 is 7.82 Å². The van der Waals surface area contributed by atoms with Gasteiger partial charge < -0.3 is 29.6 Å². The van der Waals surface area contributed by atoms with Crippen LogP contribution in [0.1, 0.15) is 27.7 Å². The minimum absolute atomic E-state index is 0.0826. The van der Waals surface area contributed by atoms with Crippen LogP contribution < -0.4 is 20.6 Å². The van der Waals surface area contributed by atoms with Crippen molar-refractivity contribution >= 4 is 24.5 Å². The summed E-state index contributed by atoms with van der Waals surface area (Å²) in [7, 11) is -1.36. The molecule has 0 fully saturated rings. The molecule has 0 aromatic heterocycles. The van der Waals surface area contributed by atoms with E-state index in [1.807, 2.05) is 0 Å². The molecule has 41 heavy (non-hydrogen) atoms. The number of rotatable bonds is 10. The summed E-state index contributed by atoms with van der Waals surface area (Å²) in [5.41, 5.74) is 10.2. The highest BCUT2D eigenvalue weighted by molar-refractivity contribution is 7.46. The van der Waals surface area contributed by atoms with E-state index in [2.05, 4.69) is 119 Å². The molecule has 4 N–H and O–H groups in total. The first-order valence-corrected chi connectivity index (χ1v) is 15.4. The molecule has 2 aliphatic rings. The van der Waals surface area contributed by atoms with Crippen LogP contribution in [-0.2, 0) is 13.8 Å². The molecule has 0 radical (unpaired) electrons. The number of hydrogen-bond acceptors (Lipinski definition) is 6. The monoisotopic (exact) mass is 586 g/mol. The summed E-state index contributed by atoms with van der Waals surface area (Å²) in [6.07, 6.45) is 0. The van der Waals surface area contributed by atoms with Gasteiger partial charge in [0.05, 0.1) is 19.3 Å². The maximum Gasteiger partial charge on any atom is 0.469 e. The fraction of sp³-hybridized carbons (Fsp3) is 0.387. The lowest BCUT2D eigenvalue weighted by molar-refractivity contribution is 0.120. The van der Waals surface area contributed by atoms with Crippen molar-refractivity contribution < 1.29 is 28.0 Å². The molecule has 0 saturated heterocycles. The van der Waals surface area contributed by atoms with Crippen LogP contribution in [0.5, 0.6) is 0 Å². The van der Waals surface area contributed by atoms with Crippen molar-refractivity contribution in [2.45, 2.75) is 27.7 Å². The summed E-state index contributed by atoms with van der Waals surface area (Å²) in [5.74, 6) is 0.933. The second kappa shape index (κ2) is 17.0. The molecule has 1 aliphatic carbocycles. The van der Waals surface area contributed by atoms with Gasteiger partial charge in [-0.15, -0.1) is 0 Å². The van der Waals surface area contributed by atoms with Gasteiger partial charge in [0, 0.05) is 54.5 Å². The van der Waals surface area contributed by atoms with Crippen molar-refractivity contribution in [2.24, 2.45) is 5.73 Å². The number of ether oxygens (including phenoxy) is 1. The van der Waals surface area contributed by atoms with Gasteiger partial charge in [0.2, 0.25) is 5.36 Å². The highest BCUT2D eigenvalue weighted by Crippen LogP contribution is 2.40. The van der Waals surface area contributed by atoms with Crippen molar-refractivity contribution in [3.8, 4) is 22.5 Å². The van der Waals surface area contributed by atoms with Crippen LogP contribution in [0, 0.1) is 0 Å². The Kier molecular flexibility index (Phi) is 14.2. The van der Waals surface area contributed by atoms with Crippen LogP contribution in [0.3, 0.4) is 0 Å². The summed E-state index contributed by atoms with van der Waals surface area (Å²) in [6.45, 7) is 12.8. The SMILES string of the molecule is CCN(CC)c1ccc2c(-c3ccccc3)c3ccc(=[N+](CC)CC)cc-3oc2c1.CN.COCCOP(=O)(O)O. The van der Waals surface area contributed by atoms with E-state index in [0.29, 0.717) is 0 Å². The highest BCUT2D eigenvalue weighted by Gasteiger charge is 2.19. The number of nitrogens with zero attached hydrogens (tertiary/aromatic N) is 2. The van der Waals surface area contributed by atoms with Gasteiger partial charge in [-0.2, -0.15) is 0 Å². The molecular weight excluding hydrogens is 541 g/mol. The number of benzene rings is 3. The third kappa shape index (κ3) is 9.50. The Morgan fingerprint density at radius 2 is 1.56 bits per heavy atom. The minimum Gasteiger partial charge on any atom is -0.456 e. The summed E-state index contributed by atoms with van der Waals surface area (Å²) >= 11 is 0. The molecule has 0 atom stereocenters. The molecule has 1 heterocycles. The van der Waals surface area contributed by atoms with Gasteiger partial charge in [0.1, 0.15) is 24.4 Å². The first kappa shape index (κ1) is 34.2. The van der Waals surface area contributed by atoms with Crippen molar-refractivity contribution in [1.29, 1.82) is 0 Å². The number of fused-ring (bicyclic) bond motifs is 2. The molecule has 0 amide bonds. The topological polar surface area (TPSA) is 121 Å². The summed E-state index contributed by atoms with van der Waals surface area (Å²) in [6, 6.07) is 23.9. The molecule has 224 valence electrons. The molecule has 9 nitrogen and oxygen atoms in total. The van der Waals surface area contributed by atoms with Gasteiger partial charge in [0.25, 0.3) is 0 Å². The first-order chi connectivity index (χ1) is 19.8. The molecule has 4 rings (SSSR count). The Labute approximate surface area is 243 Å². The highest BCUT2D eigenvalue weighted by atomic mass is 31.2. The van der Waals surface area contributed by atoms with Crippen LogP contribution in [0.15, 0.2) is 71.1 Å². The minimum atomic E-state index is -4.28. The predicted octanol–water partition coefficient (Wildman–Crippen LogP) is 5.18. The zero-order valence-corrected chi connectivity index (χ0v) is 25.9. The number of methoxy groups -OCH3 is 1. The quantitative estimate of drug-likeness (QED) is 0.101. The van der Waals surface area contributed by atoms with Crippen LogP contribution in [0.4, 0.5) is 5.69 Å². The van der Waals surface area contributed by atoms with Crippen molar-refractivity contribution in [1.82, 2.24) is 4.58 Å². The Morgan fingerprint density at radius 1 is 0.902 bits per heavy atom. The molecule has 0 saturated carbocycles.